The summed E-state index contributed by atoms with van der Waals surface area (Å²) in [5.74, 6) is 8.08. The molecule has 0 aromatic carbocycles. The molecule has 9 heteroatoms. The van der Waals surface area contributed by atoms with Gasteiger partial charge in [-0.2, -0.15) is 0 Å². The number of carboxylic acids is 1. The number of halogens is 1. The largest absolute Gasteiger partial charge is 0.481 e. The summed E-state index contributed by atoms with van der Waals surface area (Å²) in [4.78, 5) is 19.5. The zero-order valence-corrected chi connectivity index (χ0v) is 38.0. The van der Waals surface area contributed by atoms with Gasteiger partial charge in [0.2, 0.25) is 5.88 Å². The molecular formula is C49H72ClN3O4S. The molecule has 10 atom stereocenters. The van der Waals surface area contributed by atoms with E-state index in [4.69, 9.17) is 16.3 Å². The van der Waals surface area contributed by atoms with Crippen LogP contribution in [0.2, 0.25) is 5.02 Å². The Bertz CT molecular complexity index is 1960. The molecule has 1 aromatic heterocycles. The number of rotatable bonds is 10. The molecule has 7 nitrogen and oxygen atoms in total. The van der Waals surface area contributed by atoms with E-state index in [1.165, 1.54) is 68.1 Å². The average molecular weight is 835 g/mol. The molecule has 0 unspecified atom stereocenters. The van der Waals surface area contributed by atoms with Crippen molar-refractivity contribution in [1.82, 2.24) is 15.2 Å². The predicted molar refractivity (Wildman–Crippen MR) is 239 cm³/mol. The van der Waals surface area contributed by atoms with Gasteiger partial charge in [-0.25, -0.2) is 4.98 Å². The van der Waals surface area contributed by atoms with Crippen LogP contribution in [0.4, 0.5) is 0 Å². The highest BCUT2D eigenvalue weighted by Crippen LogP contribution is 2.76. The highest BCUT2D eigenvalue weighted by Gasteiger charge is 2.70. The number of carboxylic acid groups (broad SMARTS) is 1. The second kappa shape index (κ2) is 15.0. The summed E-state index contributed by atoms with van der Waals surface area (Å²) in [6, 6.07) is 3.47. The molecule has 320 valence electrons. The smallest absolute Gasteiger partial charge is 0.313 e. The first-order valence-corrected chi connectivity index (χ1v) is 25.1. The van der Waals surface area contributed by atoms with Crippen LogP contribution in [0, 0.1) is 56.7 Å². The molecule has 0 spiro atoms. The molecule has 1 aliphatic heterocycles. The summed E-state index contributed by atoms with van der Waals surface area (Å²) in [7, 11) is -1.88. The van der Waals surface area contributed by atoms with Gasteiger partial charge in [0.05, 0.1) is 0 Å². The summed E-state index contributed by atoms with van der Waals surface area (Å²) in [6.07, 6.45) is 19.5. The molecule has 0 radical (unpaired) electrons. The van der Waals surface area contributed by atoms with Crippen LogP contribution in [0.3, 0.4) is 0 Å². The lowest BCUT2D eigenvalue weighted by molar-refractivity contribution is -0.221. The molecule has 1 aromatic rings. The van der Waals surface area contributed by atoms with Crippen LogP contribution in [-0.2, 0) is 14.3 Å². The van der Waals surface area contributed by atoms with E-state index in [1.54, 1.807) is 18.3 Å². The second-order valence-corrected chi connectivity index (χ2v) is 24.8. The van der Waals surface area contributed by atoms with Crippen molar-refractivity contribution in [3.63, 3.8) is 0 Å². The van der Waals surface area contributed by atoms with Crippen molar-refractivity contribution < 1.29 is 18.8 Å². The molecule has 0 amide bonds. The Morgan fingerprint density at radius 2 is 1.76 bits per heavy atom. The number of allylic oxidation sites excluding steroid dienone is 5. The number of aliphatic carboxylic acids is 1. The van der Waals surface area contributed by atoms with E-state index in [0.717, 1.165) is 50.5 Å². The maximum atomic E-state index is 12.8. The normalized spacial score (nSPS) is 41.8. The summed E-state index contributed by atoms with van der Waals surface area (Å²) in [5.41, 5.74) is 4.13. The van der Waals surface area contributed by atoms with Crippen molar-refractivity contribution in [2.24, 2.45) is 56.7 Å². The molecule has 2 N–H and O–H groups in total. The number of carbonyl (C=O) groups is 1. The van der Waals surface area contributed by atoms with Gasteiger partial charge in [-0.15, -0.1) is 0 Å². The lowest BCUT2D eigenvalue weighted by Gasteiger charge is -2.72. The van der Waals surface area contributed by atoms with E-state index in [1.807, 2.05) is 0 Å². The summed E-state index contributed by atoms with van der Waals surface area (Å²) >= 11 is 6.30. The number of hydrogen-bond acceptors (Lipinski definition) is 6. The number of nitrogens with one attached hydrogen (secondary N) is 1. The van der Waals surface area contributed by atoms with Gasteiger partial charge < -0.3 is 20.1 Å². The molecule has 8 rings (SSSR count). The van der Waals surface area contributed by atoms with Crippen molar-refractivity contribution in [2.45, 2.75) is 124 Å². The van der Waals surface area contributed by atoms with Crippen LogP contribution in [0.5, 0.6) is 5.88 Å². The Morgan fingerprint density at radius 3 is 2.43 bits per heavy atom. The minimum absolute atomic E-state index is 0.000241. The number of hydrogen-bond donors (Lipinski definition) is 2. The Hall–Kier alpha value is -2.13. The van der Waals surface area contributed by atoms with E-state index in [2.05, 4.69) is 81.3 Å². The fraction of sp³-hybridized carbons (Fsp3) is 0.735. The van der Waals surface area contributed by atoms with Gasteiger partial charge in [0.15, 0.2) is 0 Å². The number of ether oxygens (including phenoxy) is 1. The molecule has 7 aliphatic rings. The lowest BCUT2D eigenvalue weighted by Crippen LogP contribution is -2.68. The molecule has 4 saturated carbocycles. The molecule has 58 heavy (non-hydrogen) atoms. The third-order valence-corrected chi connectivity index (χ3v) is 20.9. The van der Waals surface area contributed by atoms with Crippen LogP contribution in [-0.4, -0.2) is 80.9 Å². The standard InChI is InChI=1S/C49H72ClN3O4S/c1-33(2)35-15-22-49(52-26-27-53-28-30-58(8,56)31-29-53)24-23-46(6)37(41(35)49)11-12-40-45(5)18-16-36(44(3,4)39(45)17-19-47(40,46)7)34-13-20-48(21-14-34,43(54)55)32-57-42-38(50)10-9-25-51-42/h9-10,13,16,25,35,37,39-41,52H,1,8,11-12,14-15,17-24,26-32H2,2-7H3,(H,54,55)/t35-,37+,39-,40+,41+,45-,46+,47+,48-,49-/m0/s1. The Labute approximate surface area is 355 Å². The van der Waals surface area contributed by atoms with Gasteiger partial charge in [-0.05, 0) is 174 Å². The van der Waals surface area contributed by atoms with E-state index in [-0.39, 0.29) is 33.8 Å². The number of aromatic nitrogens is 1. The van der Waals surface area contributed by atoms with Crippen molar-refractivity contribution in [3.8, 4) is 5.88 Å². The summed E-state index contributed by atoms with van der Waals surface area (Å²) in [6.45, 7) is 24.0. The maximum Gasteiger partial charge on any atom is 0.313 e. The Balaban J connectivity index is 1.01. The van der Waals surface area contributed by atoms with Crippen LogP contribution >= 0.6 is 11.6 Å². The fourth-order valence-corrected chi connectivity index (χ4v) is 16.9. The zero-order valence-electron chi connectivity index (χ0n) is 36.5. The number of nitrogens with zero attached hydrogens (tertiary/aromatic N) is 2. The van der Waals surface area contributed by atoms with Crippen molar-refractivity contribution in [1.29, 1.82) is 0 Å². The number of pyridine rings is 1. The van der Waals surface area contributed by atoms with E-state index < -0.39 is 20.9 Å². The van der Waals surface area contributed by atoms with Gasteiger partial charge in [0.1, 0.15) is 17.0 Å². The first-order chi connectivity index (χ1) is 27.3. The zero-order chi connectivity index (χ0) is 41.5. The monoisotopic (exact) mass is 833 g/mol. The molecule has 6 aliphatic carbocycles. The minimum atomic E-state index is -1.88. The Morgan fingerprint density at radius 1 is 1.00 bits per heavy atom. The average Bonchev–Trinajstić information content (AvgIpc) is 3.56. The van der Waals surface area contributed by atoms with E-state index in [0.29, 0.717) is 53.3 Å². The van der Waals surface area contributed by atoms with Crippen LogP contribution in [0.25, 0.3) is 0 Å². The molecule has 2 heterocycles. The first kappa shape index (κ1) is 42.6. The van der Waals surface area contributed by atoms with Crippen LogP contribution in [0.15, 0.2) is 53.8 Å². The SMILES string of the molecule is C=C(C)[C@@H]1CC[C@]2(NCCN3CCS(=C)(=O)CC3)CC[C@]3(C)[C@H](CC[C@@H]4[C@@]5(C)CC=C(C6=CC[C@](COc7ncccc7Cl)(C(=O)O)CC6)C(C)(C)[C@@H]5CC[C@]43C)[C@@H]12. The van der Waals surface area contributed by atoms with Crippen molar-refractivity contribution in [2.75, 3.05) is 44.3 Å². The van der Waals surface area contributed by atoms with Crippen LogP contribution in [0.1, 0.15) is 119 Å². The van der Waals surface area contributed by atoms with Crippen molar-refractivity contribution >= 4 is 33.0 Å². The molecule has 0 bridgehead atoms. The maximum absolute atomic E-state index is 12.8. The predicted octanol–water partition coefficient (Wildman–Crippen LogP) is 9.86. The Kier molecular flexibility index (Phi) is 11.0. The molecule has 5 fully saturated rings. The van der Waals surface area contributed by atoms with Gasteiger partial charge in [-0.1, -0.05) is 70.5 Å². The van der Waals surface area contributed by atoms with E-state index >= 15 is 0 Å². The highest BCUT2D eigenvalue weighted by molar-refractivity contribution is 8.00. The third-order valence-electron chi connectivity index (χ3n) is 18.7. The molecular weight excluding hydrogens is 762 g/mol. The van der Waals surface area contributed by atoms with Gasteiger partial charge >= 0.3 is 5.97 Å². The quantitative estimate of drug-likeness (QED) is 0.179. The topological polar surface area (TPSA) is 91.8 Å². The molecule has 1 saturated heterocycles. The van der Waals surface area contributed by atoms with Crippen molar-refractivity contribution in [3.05, 3.63) is 58.8 Å². The minimum Gasteiger partial charge on any atom is -0.481 e. The first-order valence-electron chi connectivity index (χ1n) is 22.6. The van der Waals surface area contributed by atoms with Gasteiger partial charge in [0, 0.05) is 49.4 Å². The summed E-state index contributed by atoms with van der Waals surface area (Å²) in [5, 5.41) is 15.2. The van der Waals surface area contributed by atoms with Gasteiger partial charge in [-0.3, -0.25) is 9.00 Å². The summed E-state index contributed by atoms with van der Waals surface area (Å²) < 4.78 is 18.5. The second-order valence-electron chi connectivity index (χ2n) is 21.6. The van der Waals surface area contributed by atoms with Crippen LogP contribution < -0.4 is 10.1 Å². The highest BCUT2D eigenvalue weighted by atomic mass is 35.5. The van der Waals surface area contributed by atoms with Gasteiger partial charge in [0.25, 0.3) is 0 Å². The van der Waals surface area contributed by atoms with E-state index in [9.17, 15) is 14.1 Å². The number of fused-ring (bicyclic) bond motifs is 7. The fourth-order valence-electron chi connectivity index (χ4n) is 15.3. The lowest BCUT2D eigenvalue weighted by atomic mass is 9.33. The third kappa shape index (κ3) is 6.79.